The van der Waals surface area contributed by atoms with Crippen molar-refractivity contribution in [1.82, 2.24) is 15.5 Å². The van der Waals surface area contributed by atoms with Crippen molar-refractivity contribution in [1.29, 1.82) is 0 Å². The molecule has 5 nitrogen and oxygen atoms in total. The number of H-pyrrole nitrogens is 1. The lowest BCUT2D eigenvalue weighted by molar-refractivity contribution is 0.527. The van der Waals surface area contributed by atoms with Crippen LogP contribution in [-0.4, -0.2) is 10.2 Å². The Balaban J connectivity index is 1.58. The molecule has 0 saturated heterocycles. The average molecular weight is 281 g/mol. The molecule has 0 amide bonds. The second-order valence-corrected chi connectivity index (χ2v) is 4.70. The number of aromatic nitrogens is 2. The van der Waals surface area contributed by atoms with Gasteiger partial charge in [-0.05, 0) is 23.3 Å². The summed E-state index contributed by atoms with van der Waals surface area (Å²) in [6, 6.07) is 18.0. The summed E-state index contributed by atoms with van der Waals surface area (Å²) in [6.07, 6.45) is 0. The molecule has 2 aromatic carbocycles. The fraction of sp³-hybridized carbons (Fsp3) is 0.125. The van der Waals surface area contributed by atoms with Gasteiger partial charge in [-0.1, -0.05) is 42.5 Å². The van der Waals surface area contributed by atoms with E-state index in [2.05, 4.69) is 27.6 Å². The van der Waals surface area contributed by atoms with Crippen molar-refractivity contribution in [3.8, 4) is 11.5 Å². The van der Waals surface area contributed by atoms with Crippen LogP contribution in [0.2, 0.25) is 0 Å². The van der Waals surface area contributed by atoms with Crippen LogP contribution in [0.1, 0.15) is 11.1 Å². The number of nitrogens with one attached hydrogen (secondary N) is 2. The summed E-state index contributed by atoms with van der Waals surface area (Å²) in [6.45, 7) is 1.61. The van der Waals surface area contributed by atoms with Gasteiger partial charge < -0.3 is 9.73 Å². The van der Waals surface area contributed by atoms with Gasteiger partial charge in [0.1, 0.15) is 0 Å². The first-order valence-corrected chi connectivity index (χ1v) is 6.71. The largest absolute Gasteiger partial charge is 0.434 e. The Morgan fingerprint density at radius 2 is 1.62 bits per heavy atom. The molecule has 0 aliphatic heterocycles. The SMILES string of the molecule is O=c1[nH]nc(-c2ccc(CNCc3ccccc3)cc2)o1. The van der Waals surface area contributed by atoms with Gasteiger partial charge >= 0.3 is 5.76 Å². The highest BCUT2D eigenvalue weighted by atomic mass is 16.4. The lowest BCUT2D eigenvalue weighted by Gasteiger charge is -2.05. The molecule has 0 fully saturated rings. The van der Waals surface area contributed by atoms with E-state index in [0.717, 1.165) is 24.2 Å². The molecule has 3 rings (SSSR count). The maximum atomic E-state index is 10.9. The normalized spacial score (nSPS) is 10.7. The van der Waals surface area contributed by atoms with Crippen LogP contribution in [0.3, 0.4) is 0 Å². The number of nitrogens with zero attached hydrogens (tertiary/aromatic N) is 1. The third kappa shape index (κ3) is 3.46. The summed E-state index contributed by atoms with van der Waals surface area (Å²) in [7, 11) is 0. The fourth-order valence-corrected chi connectivity index (χ4v) is 2.07. The number of benzene rings is 2. The monoisotopic (exact) mass is 281 g/mol. The highest BCUT2D eigenvalue weighted by molar-refractivity contribution is 5.52. The second-order valence-electron chi connectivity index (χ2n) is 4.70. The van der Waals surface area contributed by atoms with Gasteiger partial charge in [-0.2, -0.15) is 0 Å². The Morgan fingerprint density at radius 1 is 0.952 bits per heavy atom. The van der Waals surface area contributed by atoms with Crippen molar-refractivity contribution >= 4 is 0 Å². The maximum Gasteiger partial charge on any atom is 0.434 e. The first-order chi connectivity index (χ1) is 10.3. The Morgan fingerprint density at radius 3 is 2.24 bits per heavy atom. The smallest absolute Gasteiger partial charge is 0.388 e. The molecule has 0 atom stereocenters. The van der Waals surface area contributed by atoms with Crippen LogP contribution >= 0.6 is 0 Å². The highest BCUT2D eigenvalue weighted by Gasteiger charge is 2.04. The number of rotatable bonds is 5. The standard InChI is InChI=1S/C16H15N3O2/c20-16-19-18-15(21-16)14-8-6-13(7-9-14)11-17-10-12-4-2-1-3-5-12/h1-9,17H,10-11H2,(H,19,20). The van der Waals surface area contributed by atoms with Crippen molar-refractivity contribution in [2.45, 2.75) is 13.1 Å². The van der Waals surface area contributed by atoms with Gasteiger partial charge in [0.15, 0.2) is 0 Å². The fourth-order valence-electron chi connectivity index (χ4n) is 2.07. The first-order valence-electron chi connectivity index (χ1n) is 6.71. The van der Waals surface area contributed by atoms with Crippen molar-refractivity contribution in [2.75, 3.05) is 0 Å². The van der Waals surface area contributed by atoms with E-state index in [0.29, 0.717) is 5.89 Å². The van der Waals surface area contributed by atoms with E-state index in [4.69, 9.17) is 4.42 Å². The summed E-state index contributed by atoms with van der Waals surface area (Å²) in [4.78, 5) is 10.9. The van der Waals surface area contributed by atoms with Gasteiger partial charge in [-0.15, -0.1) is 5.10 Å². The van der Waals surface area contributed by atoms with Gasteiger partial charge in [0.05, 0.1) is 0 Å². The molecule has 0 aliphatic carbocycles. The molecular weight excluding hydrogens is 266 g/mol. The Labute approximate surface area is 121 Å². The molecule has 0 spiro atoms. The zero-order valence-corrected chi connectivity index (χ0v) is 11.4. The lowest BCUT2D eigenvalue weighted by atomic mass is 10.1. The summed E-state index contributed by atoms with van der Waals surface area (Å²) in [5.41, 5.74) is 3.19. The van der Waals surface area contributed by atoms with Crippen LogP contribution in [0.5, 0.6) is 0 Å². The van der Waals surface area contributed by atoms with Gasteiger partial charge in [0.2, 0.25) is 5.89 Å². The summed E-state index contributed by atoms with van der Waals surface area (Å²) >= 11 is 0. The molecule has 5 heteroatoms. The van der Waals surface area contributed by atoms with Crippen LogP contribution < -0.4 is 11.1 Å². The third-order valence-corrected chi connectivity index (χ3v) is 3.14. The van der Waals surface area contributed by atoms with E-state index in [1.807, 2.05) is 42.5 Å². The Hall–Kier alpha value is -2.66. The quantitative estimate of drug-likeness (QED) is 0.753. The molecule has 3 aromatic rings. The minimum atomic E-state index is -0.543. The van der Waals surface area contributed by atoms with E-state index in [1.165, 1.54) is 5.56 Å². The molecule has 0 unspecified atom stereocenters. The zero-order valence-electron chi connectivity index (χ0n) is 11.4. The molecule has 1 heterocycles. The van der Waals surface area contributed by atoms with Gasteiger partial charge in [0, 0.05) is 18.7 Å². The predicted octanol–water partition coefficient (Wildman–Crippen LogP) is 2.32. The number of aromatic amines is 1. The summed E-state index contributed by atoms with van der Waals surface area (Å²) in [5, 5.41) is 9.43. The summed E-state index contributed by atoms with van der Waals surface area (Å²) in [5.74, 6) is -0.234. The molecule has 0 bridgehead atoms. The molecule has 0 radical (unpaired) electrons. The van der Waals surface area contributed by atoms with Crippen LogP contribution in [0.15, 0.2) is 63.8 Å². The van der Waals surface area contributed by atoms with E-state index < -0.39 is 5.76 Å². The van der Waals surface area contributed by atoms with Gasteiger partial charge in [-0.25, -0.2) is 9.89 Å². The van der Waals surface area contributed by atoms with E-state index in [9.17, 15) is 4.79 Å². The van der Waals surface area contributed by atoms with Crippen LogP contribution in [-0.2, 0) is 13.1 Å². The zero-order chi connectivity index (χ0) is 14.5. The molecule has 0 aliphatic rings. The van der Waals surface area contributed by atoms with Gasteiger partial charge in [0.25, 0.3) is 0 Å². The molecule has 106 valence electrons. The van der Waals surface area contributed by atoms with E-state index >= 15 is 0 Å². The van der Waals surface area contributed by atoms with Crippen LogP contribution in [0.25, 0.3) is 11.5 Å². The minimum absolute atomic E-state index is 0.309. The highest BCUT2D eigenvalue weighted by Crippen LogP contribution is 2.15. The minimum Gasteiger partial charge on any atom is -0.388 e. The second kappa shape index (κ2) is 6.19. The Bertz CT molecular complexity index is 745. The summed E-state index contributed by atoms with van der Waals surface area (Å²) < 4.78 is 4.91. The first kappa shape index (κ1) is 13.3. The van der Waals surface area contributed by atoms with Crippen LogP contribution in [0.4, 0.5) is 0 Å². The van der Waals surface area contributed by atoms with Crippen molar-refractivity contribution in [2.24, 2.45) is 0 Å². The third-order valence-electron chi connectivity index (χ3n) is 3.14. The molecule has 21 heavy (non-hydrogen) atoms. The number of hydrogen-bond acceptors (Lipinski definition) is 4. The number of hydrogen-bond donors (Lipinski definition) is 2. The van der Waals surface area contributed by atoms with Crippen molar-refractivity contribution in [3.63, 3.8) is 0 Å². The van der Waals surface area contributed by atoms with Gasteiger partial charge in [-0.3, -0.25) is 0 Å². The maximum absolute atomic E-state index is 10.9. The Kier molecular flexibility index (Phi) is 3.93. The van der Waals surface area contributed by atoms with E-state index in [1.54, 1.807) is 0 Å². The molecule has 2 N–H and O–H groups in total. The van der Waals surface area contributed by atoms with Crippen molar-refractivity contribution in [3.05, 3.63) is 76.3 Å². The molecule has 1 aromatic heterocycles. The molecule has 0 saturated carbocycles. The lowest BCUT2D eigenvalue weighted by Crippen LogP contribution is -2.12. The topological polar surface area (TPSA) is 70.9 Å². The van der Waals surface area contributed by atoms with Crippen LogP contribution in [0, 0.1) is 0 Å². The van der Waals surface area contributed by atoms with Crippen molar-refractivity contribution < 1.29 is 4.42 Å². The van der Waals surface area contributed by atoms with E-state index in [-0.39, 0.29) is 0 Å². The average Bonchev–Trinajstić information content (AvgIpc) is 2.96. The predicted molar refractivity (Wildman–Crippen MR) is 79.5 cm³/mol. The molecular formula is C16H15N3O2.